The molecule has 0 rings (SSSR count). The molecule has 0 aromatic heterocycles. The lowest BCUT2D eigenvalue weighted by molar-refractivity contribution is -0.187. The Labute approximate surface area is 99.3 Å². The molecular weight excluding hydrogens is 235 g/mol. The predicted octanol–water partition coefficient (Wildman–Crippen LogP) is 0.722. The molecule has 102 valence electrons. The van der Waals surface area contributed by atoms with E-state index in [4.69, 9.17) is 5.73 Å². The first-order valence-electron chi connectivity index (χ1n) is 5.29. The molecule has 0 aliphatic rings. The van der Waals surface area contributed by atoms with Crippen molar-refractivity contribution in [3.05, 3.63) is 0 Å². The van der Waals surface area contributed by atoms with Crippen molar-refractivity contribution in [1.82, 2.24) is 10.2 Å². The molecule has 0 aliphatic carbocycles. The molecule has 0 saturated carbocycles. The maximum atomic E-state index is 12.5. The van der Waals surface area contributed by atoms with Crippen molar-refractivity contribution in [1.29, 1.82) is 0 Å². The third kappa shape index (κ3) is 4.91. The van der Waals surface area contributed by atoms with E-state index in [0.717, 1.165) is 0 Å². The minimum absolute atomic E-state index is 0.352. The summed E-state index contributed by atoms with van der Waals surface area (Å²) in [5, 5.41) is 2.27. The Hall–Kier alpha value is -0.820. The lowest BCUT2D eigenvalue weighted by Gasteiger charge is -2.28. The summed E-state index contributed by atoms with van der Waals surface area (Å²) in [6.07, 6.45) is -4.19. The van der Waals surface area contributed by atoms with Gasteiger partial charge in [-0.25, -0.2) is 0 Å². The molecule has 0 aromatic rings. The first-order valence-corrected chi connectivity index (χ1v) is 5.29. The smallest absolute Gasteiger partial charge is 0.352 e. The van der Waals surface area contributed by atoms with E-state index >= 15 is 0 Å². The zero-order chi connectivity index (χ0) is 13.9. The molecule has 1 amide bonds. The molecule has 0 radical (unpaired) electrons. The minimum atomic E-state index is -4.75. The standard InChI is InChI=1S/C10H20F3N3O/c1-7(5-6-16(3)4)15-8(17)9(2,14)10(11,12)13/h7H,5-6,14H2,1-4H3,(H,15,17). The third-order valence-corrected chi connectivity index (χ3v) is 2.45. The predicted molar refractivity (Wildman–Crippen MR) is 59.4 cm³/mol. The fourth-order valence-electron chi connectivity index (χ4n) is 1.03. The molecule has 17 heavy (non-hydrogen) atoms. The van der Waals surface area contributed by atoms with Gasteiger partial charge in [-0.15, -0.1) is 0 Å². The molecule has 2 atom stereocenters. The van der Waals surface area contributed by atoms with Gasteiger partial charge in [-0.2, -0.15) is 13.2 Å². The number of carbonyl (C=O) groups excluding carboxylic acids is 1. The molecule has 4 nitrogen and oxygen atoms in total. The van der Waals surface area contributed by atoms with E-state index in [-0.39, 0.29) is 6.04 Å². The van der Waals surface area contributed by atoms with E-state index in [2.05, 4.69) is 5.32 Å². The van der Waals surface area contributed by atoms with Crippen LogP contribution in [0.25, 0.3) is 0 Å². The number of hydrogen-bond donors (Lipinski definition) is 2. The highest BCUT2D eigenvalue weighted by Crippen LogP contribution is 2.28. The van der Waals surface area contributed by atoms with Gasteiger partial charge >= 0.3 is 6.18 Å². The van der Waals surface area contributed by atoms with Gasteiger partial charge in [0.15, 0.2) is 5.54 Å². The number of amides is 1. The van der Waals surface area contributed by atoms with Crippen molar-refractivity contribution in [2.24, 2.45) is 5.73 Å². The second-order valence-corrected chi connectivity index (χ2v) is 4.67. The maximum absolute atomic E-state index is 12.5. The van der Waals surface area contributed by atoms with Crippen molar-refractivity contribution in [2.75, 3.05) is 20.6 Å². The highest BCUT2D eigenvalue weighted by molar-refractivity contribution is 5.86. The van der Waals surface area contributed by atoms with Gasteiger partial charge in [0.1, 0.15) is 0 Å². The molecule has 0 aromatic carbocycles. The summed E-state index contributed by atoms with van der Waals surface area (Å²) in [5.74, 6) is -1.20. The monoisotopic (exact) mass is 255 g/mol. The number of hydrogen-bond acceptors (Lipinski definition) is 3. The van der Waals surface area contributed by atoms with Crippen molar-refractivity contribution < 1.29 is 18.0 Å². The Balaban J connectivity index is 4.35. The van der Waals surface area contributed by atoms with Gasteiger partial charge < -0.3 is 16.0 Å². The zero-order valence-electron chi connectivity index (χ0n) is 10.6. The fourth-order valence-corrected chi connectivity index (χ4v) is 1.03. The van der Waals surface area contributed by atoms with Gasteiger partial charge in [0, 0.05) is 6.04 Å². The van der Waals surface area contributed by atoms with Gasteiger partial charge in [-0.05, 0) is 40.9 Å². The van der Waals surface area contributed by atoms with Crippen LogP contribution in [0.4, 0.5) is 13.2 Å². The van der Waals surface area contributed by atoms with Gasteiger partial charge in [0.05, 0.1) is 0 Å². The number of nitrogens with zero attached hydrogens (tertiary/aromatic N) is 1. The second kappa shape index (κ2) is 5.68. The van der Waals surface area contributed by atoms with Gasteiger partial charge in [0.2, 0.25) is 5.91 Å². The van der Waals surface area contributed by atoms with Crippen molar-refractivity contribution in [3.8, 4) is 0 Å². The molecule has 0 bridgehead atoms. The molecular formula is C10H20F3N3O. The summed E-state index contributed by atoms with van der Waals surface area (Å²) in [7, 11) is 3.69. The summed E-state index contributed by atoms with van der Waals surface area (Å²) < 4.78 is 37.4. The van der Waals surface area contributed by atoms with E-state index < -0.39 is 17.6 Å². The van der Waals surface area contributed by atoms with Crippen LogP contribution in [0, 0.1) is 0 Å². The summed E-state index contributed by atoms with van der Waals surface area (Å²) in [4.78, 5) is 13.3. The van der Waals surface area contributed by atoms with Gasteiger partial charge in [-0.1, -0.05) is 0 Å². The molecule has 2 unspecified atom stereocenters. The second-order valence-electron chi connectivity index (χ2n) is 4.67. The molecule has 0 saturated heterocycles. The Bertz CT molecular complexity index is 264. The number of nitrogens with two attached hydrogens (primary N) is 1. The Morgan fingerprint density at radius 1 is 1.41 bits per heavy atom. The average molecular weight is 255 g/mol. The maximum Gasteiger partial charge on any atom is 0.415 e. The van der Waals surface area contributed by atoms with Crippen LogP contribution in [0.5, 0.6) is 0 Å². The van der Waals surface area contributed by atoms with Crippen LogP contribution < -0.4 is 11.1 Å². The summed E-state index contributed by atoms with van der Waals surface area (Å²) in [5.41, 5.74) is 2.15. The summed E-state index contributed by atoms with van der Waals surface area (Å²) in [6.45, 7) is 2.99. The first kappa shape index (κ1) is 16.2. The van der Waals surface area contributed by atoms with Crippen LogP contribution in [0.3, 0.4) is 0 Å². The van der Waals surface area contributed by atoms with Crippen molar-refractivity contribution >= 4 is 5.91 Å². The van der Waals surface area contributed by atoms with Gasteiger partial charge in [-0.3, -0.25) is 4.79 Å². The van der Waals surface area contributed by atoms with Crippen LogP contribution >= 0.6 is 0 Å². The van der Waals surface area contributed by atoms with Crippen LogP contribution in [-0.2, 0) is 4.79 Å². The minimum Gasteiger partial charge on any atom is -0.352 e. The van der Waals surface area contributed by atoms with E-state index in [1.165, 1.54) is 0 Å². The number of rotatable bonds is 5. The first-order chi connectivity index (χ1) is 7.48. The number of alkyl halides is 3. The lowest BCUT2D eigenvalue weighted by Crippen LogP contribution is -2.62. The van der Waals surface area contributed by atoms with Crippen LogP contribution in [0.1, 0.15) is 20.3 Å². The normalized spacial score (nSPS) is 17.7. The van der Waals surface area contributed by atoms with E-state index in [9.17, 15) is 18.0 Å². The largest absolute Gasteiger partial charge is 0.415 e. The lowest BCUT2D eigenvalue weighted by atomic mass is 10.0. The number of nitrogens with one attached hydrogen (secondary N) is 1. The highest BCUT2D eigenvalue weighted by Gasteiger charge is 2.54. The average Bonchev–Trinajstić information content (AvgIpc) is 2.12. The molecule has 0 aliphatic heterocycles. The topological polar surface area (TPSA) is 58.4 Å². The molecule has 3 N–H and O–H groups in total. The quantitative estimate of drug-likeness (QED) is 0.761. The Morgan fingerprint density at radius 2 is 1.88 bits per heavy atom. The van der Waals surface area contributed by atoms with Crippen LogP contribution in [-0.4, -0.2) is 49.2 Å². The summed E-state index contributed by atoms with van der Waals surface area (Å²) >= 11 is 0. The van der Waals surface area contributed by atoms with Crippen LogP contribution in [0.15, 0.2) is 0 Å². The Kier molecular flexibility index (Phi) is 5.41. The Morgan fingerprint density at radius 3 is 2.24 bits per heavy atom. The SMILES string of the molecule is CC(CCN(C)C)NC(=O)C(C)(N)C(F)(F)F. The highest BCUT2D eigenvalue weighted by atomic mass is 19.4. The molecule has 0 heterocycles. The zero-order valence-corrected chi connectivity index (χ0v) is 10.6. The number of carbonyl (C=O) groups is 1. The van der Waals surface area contributed by atoms with Crippen molar-refractivity contribution in [3.63, 3.8) is 0 Å². The van der Waals surface area contributed by atoms with Crippen LogP contribution in [0.2, 0.25) is 0 Å². The molecule has 7 heteroatoms. The number of halogens is 3. The van der Waals surface area contributed by atoms with E-state index in [1.54, 1.807) is 6.92 Å². The third-order valence-electron chi connectivity index (χ3n) is 2.45. The van der Waals surface area contributed by atoms with Gasteiger partial charge in [0.25, 0.3) is 0 Å². The van der Waals surface area contributed by atoms with E-state index in [0.29, 0.717) is 19.9 Å². The van der Waals surface area contributed by atoms with Crippen molar-refractivity contribution in [2.45, 2.75) is 38.0 Å². The van der Waals surface area contributed by atoms with E-state index in [1.807, 2.05) is 19.0 Å². The summed E-state index contributed by atoms with van der Waals surface area (Å²) in [6, 6.07) is -0.352. The fraction of sp³-hybridized carbons (Fsp3) is 0.900. The molecule has 0 spiro atoms. The molecule has 0 fully saturated rings.